The van der Waals surface area contributed by atoms with Crippen LogP contribution in [0.5, 0.6) is 0 Å². The first-order valence-corrected chi connectivity index (χ1v) is 6.90. The molecule has 2 heterocycles. The van der Waals surface area contributed by atoms with Crippen molar-refractivity contribution in [2.45, 2.75) is 45.6 Å². The van der Waals surface area contributed by atoms with Gasteiger partial charge in [0.25, 0.3) is 0 Å². The van der Waals surface area contributed by atoms with Gasteiger partial charge < -0.3 is 5.32 Å². The summed E-state index contributed by atoms with van der Waals surface area (Å²) < 4.78 is 0. The van der Waals surface area contributed by atoms with Crippen molar-refractivity contribution in [2.75, 3.05) is 5.32 Å². The maximum atomic E-state index is 4.43. The molecule has 0 atom stereocenters. The maximum Gasteiger partial charge on any atom is 0.138 e. The van der Waals surface area contributed by atoms with E-state index in [1.54, 1.807) is 6.33 Å². The molecule has 3 nitrogen and oxygen atoms in total. The third-order valence-electron chi connectivity index (χ3n) is 2.99. The van der Waals surface area contributed by atoms with Crippen LogP contribution in [0.15, 0.2) is 6.33 Å². The van der Waals surface area contributed by atoms with Crippen LogP contribution < -0.4 is 5.32 Å². The van der Waals surface area contributed by atoms with E-state index in [2.05, 4.69) is 36.1 Å². The number of aromatic nitrogens is 2. The highest BCUT2D eigenvalue weighted by atomic mass is 32.1. The van der Waals surface area contributed by atoms with Crippen LogP contribution in [0.1, 0.15) is 37.6 Å². The van der Waals surface area contributed by atoms with Gasteiger partial charge in [-0.3, -0.25) is 0 Å². The molecule has 0 bridgehead atoms. The first-order chi connectivity index (χ1) is 8.04. The summed E-state index contributed by atoms with van der Waals surface area (Å²) in [5, 5.41) is 4.76. The highest BCUT2D eigenvalue weighted by Gasteiger charge is 2.22. The van der Waals surface area contributed by atoms with E-state index in [4.69, 9.17) is 0 Å². The van der Waals surface area contributed by atoms with E-state index >= 15 is 0 Å². The second-order valence-electron chi connectivity index (χ2n) is 5.63. The molecule has 0 fully saturated rings. The Morgan fingerprint density at radius 2 is 2.06 bits per heavy atom. The van der Waals surface area contributed by atoms with Crippen LogP contribution in [0.25, 0.3) is 10.2 Å². The normalized spacial score (nSPS) is 15.2. The summed E-state index contributed by atoms with van der Waals surface area (Å²) in [5.74, 6) is 1.00. The molecule has 0 spiro atoms. The quantitative estimate of drug-likeness (QED) is 0.839. The number of nitrogens with zero attached hydrogens (tertiary/aromatic N) is 2. The van der Waals surface area contributed by atoms with E-state index in [1.807, 2.05) is 11.3 Å². The molecule has 1 N–H and O–H groups in total. The Morgan fingerprint density at radius 1 is 1.24 bits per heavy atom. The lowest BCUT2D eigenvalue weighted by atomic mass is 10.1. The minimum absolute atomic E-state index is 0.0364. The number of rotatable bonds is 1. The van der Waals surface area contributed by atoms with Gasteiger partial charge in [-0.2, -0.15) is 0 Å². The fourth-order valence-corrected chi connectivity index (χ4v) is 3.61. The van der Waals surface area contributed by atoms with Gasteiger partial charge in [-0.05, 0) is 45.6 Å². The SMILES string of the molecule is CC(C)(C)Nc1ncnc2sc3c(c12)CCC3. The van der Waals surface area contributed by atoms with Gasteiger partial charge in [-0.15, -0.1) is 11.3 Å². The van der Waals surface area contributed by atoms with Crippen molar-refractivity contribution in [1.29, 1.82) is 0 Å². The van der Waals surface area contributed by atoms with E-state index < -0.39 is 0 Å². The predicted molar refractivity (Wildman–Crippen MR) is 72.8 cm³/mol. The fraction of sp³-hybridized carbons (Fsp3) is 0.538. The van der Waals surface area contributed by atoms with Gasteiger partial charge >= 0.3 is 0 Å². The number of anilines is 1. The highest BCUT2D eigenvalue weighted by Crippen LogP contribution is 2.39. The number of thiophene rings is 1. The average Bonchev–Trinajstić information content (AvgIpc) is 2.73. The van der Waals surface area contributed by atoms with Crippen LogP contribution in [-0.2, 0) is 12.8 Å². The molecule has 2 aromatic heterocycles. The van der Waals surface area contributed by atoms with Crippen LogP contribution in [0.2, 0.25) is 0 Å². The molecule has 0 aliphatic heterocycles. The lowest BCUT2D eigenvalue weighted by Crippen LogP contribution is -2.26. The van der Waals surface area contributed by atoms with Gasteiger partial charge in [0, 0.05) is 10.4 Å². The smallest absolute Gasteiger partial charge is 0.138 e. The number of aryl methyl sites for hydroxylation is 2. The first kappa shape index (κ1) is 11.0. The molecule has 2 aromatic rings. The van der Waals surface area contributed by atoms with E-state index in [0.717, 1.165) is 10.6 Å². The molecule has 0 radical (unpaired) electrons. The van der Waals surface area contributed by atoms with Crippen molar-refractivity contribution < 1.29 is 0 Å². The molecule has 17 heavy (non-hydrogen) atoms. The van der Waals surface area contributed by atoms with Crippen LogP contribution in [0.4, 0.5) is 5.82 Å². The molecule has 0 aromatic carbocycles. The second kappa shape index (κ2) is 3.67. The average molecular weight is 247 g/mol. The molecule has 1 aliphatic rings. The Hall–Kier alpha value is -1.16. The van der Waals surface area contributed by atoms with Gasteiger partial charge in [-0.25, -0.2) is 9.97 Å². The van der Waals surface area contributed by atoms with Crippen molar-refractivity contribution in [3.8, 4) is 0 Å². The standard InChI is InChI=1S/C13H17N3S/c1-13(2,3)16-11-10-8-5-4-6-9(8)17-12(10)15-7-14-11/h7H,4-6H2,1-3H3,(H,14,15,16). The Morgan fingerprint density at radius 3 is 2.82 bits per heavy atom. The number of hydrogen-bond donors (Lipinski definition) is 1. The van der Waals surface area contributed by atoms with E-state index in [-0.39, 0.29) is 5.54 Å². The monoisotopic (exact) mass is 247 g/mol. The van der Waals surface area contributed by atoms with E-state index in [9.17, 15) is 0 Å². The molecule has 0 unspecified atom stereocenters. The Kier molecular flexibility index (Phi) is 2.36. The third-order valence-corrected chi connectivity index (χ3v) is 4.19. The third kappa shape index (κ3) is 1.90. The zero-order valence-electron chi connectivity index (χ0n) is 10.5. The summed E-state index contributed by atoms with van der Waals surface area (Å²) in [4.78, 5) is 11.5. The molecule has 90 valence electrons. The Labute approximate surface area is 105 Å². The van der Waals surface area contributed by atoms with Crippen molar-refractivity contribution >= 4 is 27.4 Å². The fourth-order valence-electron chi connectivity index (χ4n) is 2.38. The molecule has 4 heteroatoms. The van der Waals surface area contributed by atoms with Crippen molar-refractivity contribution in [1.82, 2.24) is 9.97 Å². The lowest BCUT2D eigenvalue weighted by Gasteiger charge is -2.21. The topological polar surface area (TPSA) is 37.8 Å². The summed E-state index contributed by atoms with van der Waals surface area (Å²) in [7, 11) is 0. The van der Waals surface area contributed by atoms with Gasteiger partial charge in [-0.1, -0.05) is 0 Å². The number of nitrogens with one attached hydrogen (secondary N) is 1. The molecule has 0 saturated carbocycles. The van der Waals surface area contributed by atoms with Crippen LogP contribution in [0.3, 0.4) is 0 Å². The Balaban J connectivity index is 2.18. The maximum absolute atomic E-state index is 4.43. The van der Waals surface area contributed by atoms with Crippen LogP contribution in [-0.4, -0.2) is 15.5 Å². The van der Waals surface area contributed by atoms with Crippen molar-refractivity contribution in [3.05, 3.63) is 16.8 Å². The largest absolute Gasteiger partial charge is 0.365 e. The molecular formula is C13H17N3S. The summed E-state index contributed by atoms with van der Waals surface area (Å²) in [5.41, 5.74) is 1.52. The molecule has 3 rings (SSSR count). The number of hydrogen-bond acceptors (Lipinski definition) is 4. The van der Waals surface area contributed by atoms with Gasteiger partial charge in [0.1, 0.15) is 17.0 Å². The number of fused-ring (bicyclic) bond motifs is 3. The van der Waals surface area contributed by atoms with Crippen LogP contribution >= 0.6 is 11.3 Å². The summed E-state index contributed by atoms with van der Waals surface area (Å²) >= 11 is 1.84. The van der Waals surface area contributed by atoms with Gasteiger partial charge in [0.2, 0.25) is 0 Å². The van der Waals surface area contributed by atoms with E-state index in [0.29, 0.717) is 0 Å². The second-order valence-corrected chi connectivity index (χ2v) is 6.72. The lowest BCUT2D eigenvalue weighted by molar-refractivity contribution is 0.631. The minimum atomic E-state index is 0.0364. The summed E-state index contributed by atoms with van der Waals surface area (Å²) in [6.45, 7) is 6.48. The zero-order valence-corrected chi connectivity index (χ0v) is 11.3. The van der Waals surface area contributed by atoms with Gasteiger partial charge in [0.05, 0.1) is 5.39 Å². The van der Waals surface area contributed by atoms with Crippen molar-refractivity contribution in [2.24, 2.45) is 0 Å². The van der Waals surface area contributed by atoms with E-state index in [1.165, 1.54) is 35.1 Å². The van der Waals surface area contributed by atoms with Crippen molar-refractivity contribution in [3.63, 3.8) is 0 Å². The summed E-state index contributed by atoms with van der Waals surface area (Å²) in [6, 6.07) is 0. The predicted octanol–water partition coefficient (Wildman–Crippen LogP) is 3.39. The molecular weight excluding hydrogens is 230 g/mol. The summed E-state index contributed by atoms with van der Waals surface area (Å²) in [6.07, 6.45) is 5.34. The highest BCUT2D eigenvalue weighted by molar-refractivity contribution is 7.19. The first-order valence-electron chi connectivity index (χ1n) is 6.08. The Bertz CT molecular complexity index is 566. The molecule has 0 saturated heterocycles. The zero-order chi connectivity index (χ0) is 12.0. The van der Waals surface area contributed by atoms with Gasteiger partial charge in [0.15, 0.2) is 0 Å². The van der Waals surface area contributed by atoms with Crippen LogP contribution in [0, 0.1) is 0 Å². The molecule has 0 amide bonds. The minimum Gasteiger partial charge on any atom is -0.365 e. The molecule has 1 aliphatic carbocycles.